The first-order chi connectivity index (χ1) is 8.50. The summed E-state index contributed by atoms with van der Waals surface area (Å²) >= 11 is 0. The van der Waals surface area contributed by atoms with E-state index < -0.39 is 11.9 Å². The molecule has 1 aliphatic heterocycles. The van der Waals surface area contributed by atoms with Gasteiger partial charge in [-0.25, -0.2) is 0 Å². The van der Waals surface area contributed by atoms with Crippen LogP contribution in [0, 0.1) is 5.92 Å². The van der Waals surface area contributed by atoms with Crippen LogP contribution in [0.3, 0.4) is 0 Å². The van der Waals surface area contributed by atoms with E-state index in [0.717, 1.165) is 11.3 Å². The van der Waals surface area contributed by atoms with E-state index in [1.807, 2.05) is 24.3 Å². The molecule has 1 amide bonds. The average Bonchev–Trinajstić information content (AvgIpc) is 2.71. The number of rotatable bonds is 3. The third-order valence-electron chi connectivity index (χ3n) is 3.31. The second-order valence-electron chi connectivity index (χ2n) is 4.94. The predicted molar refractivity (Wildman–Crippen MR) is 66.0 cm³/mol. The molecule has 1 aliphatic rings. The Morgan fingerprint density at radius 2 is 2.06 bits per heavy atom. The highest BCUT2D eigenvalue weighted by Crippen LogP contribution is 2.31. The zero-order chi connectivity index (χ0) is 13.3. The van der Waals surface area contributed by atoms with E-state index in [0.29, 0.717) is 0 Å². The second kappa shape index (κ2) is 4.80. The summed E-state index contributed by atoms with van der Waals surface area (Å²) < 4.78 is 0. The number of carboxylic acid groups (broad SMARTS) is 1. The van der Waals surface area contributed by atoms with Gasteiger partial charge < -0.3 is 14.8 Å². The van der Waals surface area contributed by atoms with Crippen LogP contribution in [0.1, 0.15) is 31.7 Å². The second-order valence-corrected chi connectivity index (χ2v) is 4.94. The lowest BCUT2D eigenvalue weighted by atomic mass is 10.0. The van der Waals surface area contributed by atoms with E-state index in [1.165, 1.54) is 0 Å². The SMILES string of the molecule is CC(C)c1ccccc1N1C[C@H](C(=O)[O-])CC1=O. The smallest absolute Gasteiger partial charge is 0.227 e. The molecule has 96 valence electrons. The summed E-state index contributed by atoms with van der Waals surface area (Å²) in [5.74, 6) is -1.70. The van der Waals surface area contributed by atoms with Gasteiger partial charge in [-0.05, 0) is 17.5 Å². The number of benzene rings is 1. The van der Waals surface area contributed by atoms with E-state index in [1.54, 1.807) is 4.90 Å². The fourth-order valence-corrected chi connectivity index (χ4v) is 2.32. The topological polar surface area (TPSA) is 60.4 Å². The summed E-state index contributed by atoms with van der Waals surface area (Å²) in [5, 5.41) is 10.9. The van der Waals surface area contributed by atoms with E-state index in [2.05, 4.69) is 13.8 Å². The lowest BCUT2D eigenvalue weighted by Crippen LogP contribution is -2.33. The Kier molecular flexibility index (Phi) is 3.36. The van der Waals surface area contributed by atoms with Gasteiger partial charge in [0.25, 0.3) is 0 Å². The van der Waals surface area contributed by atoms with Crippen LogP contribution in [-0.4, -0.2) is 18.4 Å². The quantitative estimate of drug-likeness (QED) is 0.796. The van der Waals surface area contributed by atoms with E-state index >= 15 is 0 Å². The van der Waals surface area contributed by atoms with Crippen molar-refractivity contribution >= 4 is 17.6 Å². The summed E-state index contributed by atoms with van der Waals surface area (Å²) in [5.41, 5.74) is 1.88. The van der Waals surface area contributed by atoms with Gasteiger partial charge in [0.2, 0.25) is 5.91 Å². The van der Waals surface area contributed by atoms with Crippen molar-refractivity contribution in [2.24, 2.45) is 5.92 Å². The summed E-state index contributed by atoms with van der Waals surface area (Å²) in [6, 6.07) is 7.63. The van der Waals surface area contributed by atoms with E-state index in [9.17, 15) is 14.7 Å². The zero-order valence-electron chi connectivity index (χ0n) is 10.6. The number of hydrogen-bond acceptors (Lipinski definition) is 3. The Morgan fingerprint density at radius 1 is 1.39 bits per heavy atom. The molecule has 0 saturated carbocycles. The number of carbonyl (C=O) groups excluding carboxylic acids is 2. The Bertz CT molecular complexity index is 482. The molecule has 0 aliphatic carbocycles. The Labute approximate surface area is 106 Å². The van der Waals surface area contributed by atoms with Crippen LogP contribution < -0.4 is 10.0 Å². The van der Waals surface area contributed by atoms with Gasteiger partial charge in [-0.1, -0.05) is 32.0 Å². The fourth-order valence-electron chi connectivity index (χ4n) is 2.32. The lowest BCUT2D eigenvalue weighted by Gasteiger charge is -2.22. The lowest BCUT2D eigenvalue weighted by molar-refractivity contribution is -0.310. The van der Waals surface area contributed by atoms with Crippen LogP contribution in [0.25, 0.3) is 0 Å². The molecule has 1 aromatic rings. The molecular weight excluding hydrogens is 230 g/mol. The van der Waals surface area contributed by atoms with Crippen LogP contribution in [0.2, 0.25) is 0 Å². The first kappa shape index (κ1) is 12.6. The van der Waals surface area contributed by atoms with Gasteiger partial charge >= 0.3 is 0 Å². The van der Waals surface area contributed by atoms with Crippen LogP contribution in [0.4, 0.5) is 5.69 Å². The van der Waals surface area contributed by atoms with Crippen LogP contribution >= 0.6 is 0 Å². The number of nitrogens with zero attached hydrogens (tertiary/aromatic N) is 1. The van der Waals surface area contributed by atoms with E-state index in [4.69, 9.17) is 0 Å². The van der Waals surface area contributed by atoms with Crippen LogP contribution in [0.5, 0.6) is 0 Å². The third-order valence-corrected chi connectivity index (χ3v) is 3.31. The molecule has 0 radical (unpaired) electrons. The van der Waals surface area contributed by atoms with Crippen LogP contribution in [-0.2, 0) is 9.59 Å². The molecule has 4 nitrogen and oxygen atoms in total. The maximum atomic E-state index is 11.9. The molecule has 1 saturated heterocycles. The third kappa shape index (κ3) is 2.23. The first-order valence-corrected chi connectivity index (χ1v) is 6.11. The molecule has 1 atom stereocenters. The molecule has 4 heteroatoms. The van der Waals surface area contributed by atoms with Gasteiger partial charge in [-0.15, -0.1) is 0 Å². The number of hydrogen-bond donors (Lipinski definition) is 0. The number of amides is 1. The fraction of sp³-hybridized carbons (Fsp3) is 0.429. The molecule has 0 bridgehead atoms. The average molecular weight is 246 g/mol. The Balaban J connectivity index is 2.33. The summed E-state index contributed by atoms with van der Waals surface area (Å²) in [6.07, 6.45) is 0.0365. The zero-order valence-corrected chi connectivity index (χ0v) is 10.6. The van der Waals surface area contributed by atoms with Gasteiger partial charge in [0.15, 0.2) is 0 Å². The molecule has 1 heterocycles. The van der Waals surface area contributed by atoms with Crippen molar-refractivity contribution < 1.29 is 14.7 Å². The maximum Gasteiger partial charge on any atom is 0.227 e. The van der Waals surface area contributed by atoms with Crippen molar-refractivity contribution in [2.75, 3.05) is 11.4 Å². The summed E-state index contributed by atoms with van der Waals surface area (Å²) in [4.78, 5) is 24.3. The molecule has 0 aromatic heterocycles. The van der Waals surface area contributed by atoms with Gasteiger partial charge in [0.1, 0.15) is 0 Å². The molecule has 18 heavy (non-hydrogen) atoms. The predicted octanol–water partition coefficient (Wildman–Crippen LogP) is 0.913. The van der Waals surface area contributed by atoms with Crippen molar-refractivity contribution in [3.8, 4) is 0 Å². The molecule has 0 unspecified atom stereocenters. The Morgan fingerprint density at radius 3 is 2.61 bits per heavy atom. The van der Waals surface area contributed by atoms with Crippen LogP contribution in [0.15, 0.2) is 24.3 Å². The highest BCUT2D eigenvalue weighted by molar-refractivity contribution is 5.99. The maximum absolute atomic E-state index is 11.9. The van der Waals surface area contributed by atoms with Gasteiger partial charge in [0, 0.05) is 30.5 Å². The standard InChI is InChI=1S/C14H17NO3/c1-9(2)11-5-3-4-6-12(11)15-8-10(14(17)18)7-13(15)16/h3-6,9-10H,7-8H2,1-2H3,(H,17,18)/p-1/t10-/m1/s1. The largest absolute Gasteiger partial charge is 0.550 e. The minimum absolute atomic E-state index is 0.0365. The minimum atomic E-state index is -1.15. The van der Waals surface area contributed by atoms with Gasteiger partial charge in [-0.3, -0.25) is 4.79 Å². The van der Waals surface area contributed by atoms with E-state index in [-0.39, 0.29) is 24.8 Å². The number of anilines is 1. The van der Waals surface area contributed by atoms with Gasteiger partial charge in [0.05, 0.1) is 0 Å². The monoisotopic (exact) mass is 246 g/mol. The minimum Gasteiger partial charge on any atom is -0.550 e. The van der Waals surface area contributed by atoms with Crippen molar-refractivity contribution in [2.45, 2.75) is 26.2 Å². The molecule has 0 N–H and O–H groups in total. The molecule has 2 rings (SSSR count). The van der Waals surface area contributed by atoms with Crippen molar-refractivity contribution in [1.29, 1.82) is 0 Å². The summed E-state index contributed by atoms with van der Waals surface area (Å²) in [6.45, 7) is 4.32. The molecular formula is C14H16NO3-. The molecule has 1 aromatic carbocycles. The number of carbonyl (C=O) groups is 2. The van der Waals surface area contributed by atoms with Crippen molar-refractivity contribution in [3.63, 3.8) is 0 Å². The normalized spacial score (nSPS) is 19.6. The highest BCUT2D eigenvalue weighted by Gasteiger charge is 2.32. The highest BCUT2D eigenvalue weighted by atomic mass is 16.4. The first-order valence-electron chi connectivity index (χ1n) is 6.11. The van der Waals surface area contributed by atoms with Crippen molar-refractivity contribution in [3.05, 3.63) is 29.8 Å². The molecule has 1 fully saturated rings. The Hall–Kier alpha value is -1.84. The molecule has 0 spiro atoms. The van der Waals surface area contributed by atoms with Crippen molar-refractivity contribution in [1.82, 2.24) is 0 Å². The summed E-state index contributed by atoms with van der Waals surface area (Å²) in [7, 11) is 0. The number of carboxylic acids is 1. The van der Waals surface area contributed by atoms with Gasteiger partial charge in [-0.2, -0.15) is 0 Å². The number of aliphatic carboxylic acids is 1. The number of para-hydroxylation sites is 1.